The zero-order chi connectivity index (χ0) is 17.7. The Kier molecular flexibility index (Phi) is 5.99. The average Bonchev–Trinajstić information content (AvgIpc) is 2.54. The number of hydrogen-bond donors (Lipinski definition) is 1. The van der Waals surface area contributed by atoms with Gasteiger partial charge in [-0.25, -0.2) is 0 Å². The Morgan fingerprint density at radius 3 is 2.67 bits per heavy atom. The van der Waals surface area contributed by atoms with Crippen molar-refractivity contribution in [2.24, 2.45) is 0 Å². The van der Waals surface area contributed by atoms with Crippen molar-refractivity contribution in [1.29, 1.82) is 0 Å². The van der Waals surface area contributed by atoms with Crippen molar-refractivity contribution in [3.63, 3.8) is 0 Å². The number of non-ortho nitro benzene ring substituents is 1. The van der Waals surface area contributed by atoms with Crippen molar-refractivity contribution < 1.29 is 19.2 Å². The largest absolute Gasteiger partial charge is 0.494 e. The van der Waals surface area contributed by atoms with E-state index in [1.807, 2.05) is 0 Å². The summed E-state index contributed by atoms with van der Waals surface area (Å²) >= 11 is 9.27. The summed E-state index contributed by atoms with van der Waals surface area (Å²) < 4.78 is 11.2. The lowest BCUT2D eigenvalue weighted by Crippen LogP contribution is -2.20. The average molecular weight is 416 g/mol. The number of hydrogen-bond acceptors (Lipinski definition) is 5. The van der Waals surface area contributed by atoms with Crippen molar-refractivity contribution in [2.45, 2.75) is 0 Å². The number of nitrogens with zero attached hydrogens (tertiary/aromatic N) is 1. The molecule has 0 bridgehead atoms. The second-order valence-corrected chi connectivity index (χ2v) is 5.88. The molecule has 2 aromatic carbocycles. The third kappa shape index (κ3) is 4.59. The SMILES string of the molecule is COc1cc([N+](=O)[O-])ccc1NC(=O)COc1ccc(Br)cc1Cl. The molecule has 0 fully saturated rings. The molecular formula is C15H12BrClN2O5. The molecule has 0 heterocycles. The van der Waals surface area contributed by atoms with Crippen LogP contribution < -0.4 is 14.8 Å². The first kappa shape index (κ1) is 18.0. The summed E-state index contributed by atoms with van der Waals surface area (Å²) in [4.78, 5) is 22.2. The second-order valence-electron chi connectivity index (χ2n) is 4.55. The van der Waals surface area contributed by atoms with Gasteiger partial charge in [-0.2, -0.15) is 0 Å². The molecule has 1 N–H and O–H groups in total. The van der Waals surface area contributed by atoms with E-state index in [2.05, 4.69) is 21.2 Å². The maximum Gasteiger partial charge on any atom is 0.273 e. The summed E-state index contributed by atoms with van der Waals surface area (Å²) in [5.74, 6) is 0.0889. The Balaban J connectivity index is 2.03. The Labute approximate surface area is 150 Å². The molecule has 0 radical (unpaired) electrons. The molecule has 0 aromatic heterocycles. The van der Waals surface area contributed by atoms with Crippen LogP contribution >= 0.6 is 27.5 Å². The van der Waals surface area contributed by atoms with Gasteiger partial charge >= 0.3 is 0 Å². The molecule has 0 aliphatic heterocycles. The highest BCUT2D eigenvalue weighted by Gasteiger charge is 2.14. The van der Waals surface area contributed by atoms with Crippen LogP contribution in [0, 0.1) is 10.1 Å². The third-order valence-electron chi connectivity index (χ3n) is 2.92. The number of amides is 1. The second kappa shape index (κ2) is 7.98. The minimum atomic E-state index is -0.549. The molecule has 0 aliphatic carbocycles. The maximum absolute atomic E-state index is 12.0. The van der Waals surface area contributed by atoms with Crippen molar-refractivity contribution in [2.75, 3.05) is 19.0 Å². The molecule has 1 amide bonds. The number of ether oxygens (including phenoxy) is 2. The van der Waals surface area contributed by atoms with Crippen LogP contribution in [0.15, 0.2) is 40.9 Å². The predicted octanol–water partition coefficient (Wildman–Crippen LogP) is 4.04. The lowest BCUT2D eigenvalue weighted by Gasteiger charge is -2.11. The molecule has 0 saturated heterocycles. The highest BCUT2D eigenvalue weighted by atomic mass is 79.9. The van der Waals surface area contributed by atoms with Gasteiger partial charge in [-0.1, -0.05) is 27.5 Å². The highest BCUT2D eigenvalue weighted by molar-refractivity contribution is 9.10. The van der Waals surface area contributed by atoms with Crippen LogP contribution in [0.1, 0.15) is 0 Å². The van der Waals surface area contributed by atoms with Gasteiger partial charge < -0.3 is 14.8 Å². The number of rotatable bonds is 6. The molecule has 2 aromatic rings. The Morgan fingerprint density at radius 1 is 1.29 bits per heavy atom. The van der Waals surface area contributed by atoms with Crippen LogP contribution in [0.2, 0.25) is 5.02 Å². The lowest BCUT2D eigenvalue weighted by molar-refractivity contribution is -0.384. The van der Waals surface area contributed by atoms with Gasteiger partial charge in [0.15, 0.2) is 6.61 Å². The molecular weight excluding hydrogens is 404 g/mol. The predicted molar refractivity (Wildman–Crippen MR) is 92.9 cm³/mol. The van der Waals surface area contributed by atoms with E-state index in [0.29, 0.717) is 16.5 Å². The summed E-state index contributed by atoms with van der Waals surface area (Å²) in [6.07, 6.45) is 0. The summed E-state index contributed by atoms with van der Waals surface area (Å²) in [5.41, 5.74) is 0.168. The Morgan fingerprint density at radius 2 is 2.04 bits per heavy atom. The summed E-state index contributed by atoms with van der Waals surface area (Å²) in [6.45, 7) is -0.276. The van der Waals surface area contributed by atoms with Gasteiger partial charge in [-0.3, -0.25) is 14.9 Å². The number of nitro groups is 1. The fourth-order valence-corrected chi connectivity index (χ4v) is 2.55. The van der Waals surface area contributed by atoms with Crippen molar-refractivity contribution in [1.82, 2.24) is 0 Å². The Hall–Kier alpha value is -2.32. The van der Waals surface area contributed by atoms with Crippen LogP contribution in [-0.4, -0.2) is 24.5 Å². The van der Waals surface area contributed by atoms with Crippen LogP contribution in [0.5, 0.6) is 11.5 Å². The molecule has 126 valence electrons. The zero-order valence-electron chi connectivity index (χ0n) is 12.4. The molecule has 0 saturated carbocycles. The van der Waals surface area contributed by atoms with Crippen molar-refractivity contribution >= 4 is 44.8 Å². The first-order valence-electron chi connectivity index (χ1n) is 6.61. The van der Waals surface area contributed by atoms with Gasteiger partial charge in [0.2, 0.25) is 0 Å². The summed E-state index contributed by atoms with van der Waals surface area (Å²) in [5, 5.41) is 13.7. The van der Waals surface area contributed by atoms with E-state index in [4.69, 9.17) is 21.1 Å². The molecule has 0 spiro atoms. The molecule has 0 aliphatic rings. The first-order valence-corrected chi connectivity index (χ1v) is 7.78. The summed E-state index contributed by atoms with van der Waals surface area (Å²) in [7, 11) is 1.35. The zero-order valence-corrected chi connectivity index (χ0v) is 14.8. The molecule has 0 unspecified atom stereocenters. The molecule has 2 rings (SSSR count). The van der Waals surface area contributed by atoms with E-state index >= 15 is 0 Å². The van der Waals surface area contributed by atoms with E-state index in [-0.39, 0.29) is 18.0 Å². The van der Waals surface area contributed by atoms with E-state index < -0.39 is 10.8 Å². The van der Waals surface area contributed by atoms with Crippen LogP contribution in [0.3, 0.4) is 0 Å². The van der Waals surface area contributed by atoms with Crippen LogP contribution in [0.4, 0.5) is 11.4 Å². The number of benzene rings is 2. The standard InChI is InChI=1S/C15H12BrClN2O5/c1-23-14-7-10(19(21)22)3-4-12(14)18-15(20)8-24-13-5-2-9(16)6-11(13)17/h2-7H,8H2,1H3,(H,18,20). The highest BCUT2D eigenvalue weighted by Crippen LogP contribution is 2.30. The lowest BCUT2D eigenvalue weighted by atomic mass is 10.2. The van der Waals surface area contributed by atoms with Crippen LogP contribution in [-0.2, 0) is 4.79 Å². The van der Waals surface area contributed by atoms with E-state index in [1.165, 1.54) is 25.3 Å². The monoisotopic (exact) mass is 414 g/mol. The van der Waals surface area contributed by atoms with Crippen molar-refractivity contribution in [3.8, 4) is 11.5 Å². The fourth-order valence-electron chi connectivity index (χ4n) is 1.82. The number of anilines is 1. The minimum absolute atomic E-state index is 0.136. The minimum Gasteiger partial charge on any atom is -0.494 e. The van der Waals surface area contributed by atoms with Gasteiger partial charge in [-0.15, -0.1) is 0 Å². The number of carbonyl (C=O) groups is 1. The molecule has 9 heteroatoms. The fraction of sp³-hybridized carbons (Fsp3) is 0.133. The van der Waals surface area contributed by atoms with Gasteiger partial charge in [0.1, 0.15) is 11.5 Å². The Bertz CT molecular complexity index is 784. The number of nitro benzene ring substituents is 1. The van der Waals surface area contributed by atoms with Crippen LogP contribution in [0.25, 0.3) is 0 Å². The first-order chi connectivity index (χ1) is 11.4. The molecule has 24 heavy (non-hydrogen) atoms. The smallest absolute Gasteiger partial charge is 0.273 e. The van der Waals surface area contributed by atoms with Gasteiger partial charge in [0.25, 0.3) is 11.6 Å². The van der Waals surface area contributed by atoms with Gasteiger partial charge in [0, 0.05) is 10.5 Å². The number of nitrogens with one attached hydrogen (secondary N) is 1. The number of halogens is 2. The summed E-state index contributed by atoms with van der Waals surface area (Å²) in [6, 6.07) is 8.90. The third-order valence-corrected chi connectivity index (χ3v) is 3.71. The molecule has 0 atom stereocenters. The van der Waals surface area contributed by atoms with Gasteiger partial charge in [0.05, 0.1) is 28.8 Å². The van der Waals surface area contributed by atoms with Crippen molar-refractivity contribution in [3.05, 3.63) is 56.0 Å². The number of carbonyl (C=O) groups excluding carboxylic acids is 1. The van der Waals surface area contributed by atoms with E-state index in [9.17, 15) is 14.9 Å². The van der Waals surface area contributed by atoms with E-state index in [1.54, 1.807) is 18.2 Å². The van der Waals surface area contributed by atoms with E-state index in [0.717, 1.165) is 4.47 Å². The quantitative estimate of drug-likeness (QED) is 0.568. The maximum atomic E-state index is 12.0. The van der Waals surface area contributed by atoms with Gasteiger partial charge in [-0.05, 0) is 24.3 Å². The molecule has 7 nitrogen and oxygen atoms in total. The topological polar surface area (TPSA) is 90.7 Å². The normalized spacial score (nSPS) is 10.1. The number of methoxy groups -OCH3 is 1.